The van der Waals surface area contributed by atoms with Crippen molar-refractivity contribution in [3.63, 3.8) is 0 Å². The molecule has 3 aromatic rings. The number of halogens is 1. The quantitative estimate of drug-likeness (QED) is 0.584. The van der Waals surface area contributed by atoms with Gasteiger partial charge in [0.25, 0.3) is 0 Å². The molecule has 134 valence electrons. The van der Waals surface area contributed by atoms with E-state index in [0.717, 1.165) is 54.6 Å². The number of morpholine rings is 1. The molecule has 4 rings (SSSR count). The van der Waals surface area contributed by atoms with Gasteiger partial charge in [-0.25, -0.2) is 4.98 Å². The van der Waals surface area contributed by atoms with Crippen LogP contribution in [0.15, 0.2) is 53.4 Å². The molecule has 0 spiro atoms. The average Bonchev–Trinajstić information content (AvgIpc) is 2.68. The lowest BCUT2D eigenvalue weighted by Crippen LogP contribution is -2.35. The van der Waals surface area contributed by atoms with Crippen LogP contribution >= 0.6 is 23.4 Å². The monoisotopic (exact) mass is 384 g/mol. The van der Waals surface area contributed by atoms with Gasteiger partial charge in [-0.05, 0) is 42.2 Å². The van der Waals surface area contributed by atoms with Crippen molar-refractivity contribution in [2.45, 2.75) is 11.4 Å². The Labute approximate surface area is 163 Å². The molecule has 0 atom stereocenters. The minimum absolute atomic E-state index is 0.744. The minimum atomic E-state index is 0.744. The van der Waals surface area contributed by atoms with E-state index >= 15 is 0 Å². The number of thioether (sulfide) groups is 1. The van der Waals surface area contributed by atoms with Crippen molar-refractivity contribution in [2.24, 2.45) is 0 Å². The summed E-state index contributed by atoms with van der Waals surface area (Å²) in [4.78, 5) is 8.70. The van der Waals surface area contributed by atoms with Crippen LogP contribution in [0.3, 0.4) is 0 Å². The van der Waals surface area contributed by atoms with Crippen molar-refractivity contribution in [3.05, 3.63) is 59.1 Å². The summed E-state index contributed by atoms with van der Waals surface area (Å²) in [6.07, 6.45) is 2.09. The molecule has 0 aliphatic carbocycles. The average molecular weight is 385 g/mol. The molecule has 0 unspecified atom stereocenters. The summed E-state index contributed by atoms with van der Waals surface area (Å²) in [6.45, 7) is 4.41. The smallest absolute Gasteiger partial charge is 0.0754 e. The summed E-state index contributed by atoms with van der Waals surface area (Å²) < 4.78 is 5.49. The zero-order valence-corrected chi connectivity index (χ0v) is 16.3. The Morgan fingerprint density at radius 2 is 1.85 bits per heavy atom. The summed E-state index contributed by atoms with van der Waals surface area (Å²) in [5, 5.41) is 1.93. The van der Waals surface area contributed by atoms with Crippen LogP contribution in [0.2, 0.25) is 5.02 Å². The molecule has 0 bridgehead atoms. The summed E-state index contributed by atoms with van der Waals surface area (Å²) in [6, 6.07) is 16.7. The van der Waals surface area contributed by atoms with E-state index in [0.29, 0.717) is 0 Å². The molecular formula is C21H21ClN2OS. The highest BCUT2D eigenvalue weighted by Gasteiger charge is 2.16. The Hall–Kier alpha value is -1.59. The molecule has 1 aromatic heterocycles. The van der Waals surface area contributed by atoms with Gasteiger partial charge in [-0.15, -0.1) is 11.8 Å². The number of hydrogen-bond donors (Lipinski definition) is 0. The first-order valence-corrected chi connectivity index (χ1v) is 10.4. The first-order chi connectivity index (χ1) is 12.7. The standard InChI is InChI=1S/C21H21ClN2OS/c1-26-19-7-4-16-12-17(14-24-8-10-25-11-9-24)21(23-20(16)13-19)15-2-5-18(22)6-3-15/h2-7,12-13H,8-11,14H2,1H3. The second-order valence-electron chi connectivity index (χ2n) is 6.45. The minimum Gasteiger partial charge on any atom is -0.379 e. The van der Waals surface area contributed by atoms with Crippen molar-refractivity contribution >= 4 is 34.3 Å². The summed E-state index contributed by atoms with van der Waals surface area (Å²) in [7, 11) is 0. The zero-order chi connectivity index (χ0) is 17.9. The highest BCUT2D eigenvalue weighted by atomic mass is 35.5. The number of fused-ring (bicyclic) bond motifs is 1. The Kier molecular flexibility index (Phi) is 5.46. The van der Waals surface area contributed by atoms with Crippen LogP contribution < -0.4 is 0 Å². The fourth-order valence-electron chi connectivity index (χ4n) is 3.30. The summed E-state index contributed by atoms with van der Waals surface area (Å²) >= 11 is 7.82. The maximum atomic E-state index is 6.08. The lowest BCUT2D eigenvalue weighted by atomic mass is 10.0. The molecule has 1 aliphatic heterocycles. The molecule has 0 N–H and O–H groups in total. The van der Waals surface area contributed by atoms with Crippen LogP contribution in [0.25, 0.3) is 22.2 Å². The van der Waals surface area contributed by atoms with Crippen LogP contribution in [0.1, 0.15) is 5.56 Å². The number of rotatable bonds is 4. The van der Waals surface area contributed by atoms with E-state index in [1.54, 1.807) is 11.8 Å². The van der Waals surface area contributed by atoms with Crippen LogP contribution in [0, 0.1) is 0 Å². The number of hydrogen-bond acceptors (Lipinski definition) is 4. The van der Waals surface area contributed by atoms with E-state index in [-0.39, 0.29) is 0 Å². The third-order valence-electron chi connectivity index (χ3n) is 4.72. The lowest BCUT2D eigenvalue weighted by molar-refractivity contribution is 0.0342. The van der Waals surface area contributed by atoms with Crippen molar-refractivity contribution < 1.29 is 4.74 Å². The first kappa shape index (κ1) is 17.8. The van der Waals surface area contributed by atoms with Crippen LogP contribution in [0.5, 0.6) is 0 Å². The van der Waals surface area contributed by atoms with Gasteiger partial charge in [-0.2, -0.15) is 0 Å². The molecule has 26 heavy (non-hydrogen) atoms. The Morgan fingerprint density at radius 1 is 1.08 bits per heavy atom. The maximum absolute atomic E-state index is 6.08. The lowest BCUT2D eigenvalue weighted by Gasteiger charge is -2.27. The molecule has 1 fully saturated rings. The normalized spacial score (nSPS) is 15.5. The fraction of sp³-hybridized carbons (Fsp3) is 0.286. The molecule has 2 heterocycles. The number of benzene rings is 2. The first-order valence-electron chi connectivity index (χ1n) is 8.76. The zero-order valence-electron chi connectivity index (χ0n) is 14.7. The third kappa shape index (κ3) is 3.89. The molecule has 1 saturated heterocycles. The topological polar surface area (TPSA) is 25.4 Å². The number of pyridine rings is 1. The number of ether oxygens (including phenoxy) is 1. The fourth-order valence-corrected chi connectivity index (χ4v) is 3.86. The van der Waals surface area contributed by atoms with E-state index in [1.807, 2.05) is 12.1 Å². The molecule has 0 saturated carbocycles. The molecule has 5 heteroatoms. The van der Waals surface area contributed by atoms with Gasteiger partial charge in [0.1, 0.15) is 0 Å². The van der Waals surface area contributed by atoms with Crippen LogP contribution in [-0.2, 0) is 11.3 Å². The van der Waals surface area contributed by atoms with Gasteiger partial charge in [0.2, 0.25) is 0 Å². The van der Waals surface area contributed by atoms with E-state index in [4.69, 9.17) is 21.3 Å². The van der Waals surface area contributed by atoms with E-state index in [2.05, 4.69) is 47.6 Å². The van der Waals surface area contributed by atoms with E-state index < -0.39 is 0 Å². The molecule has 3 nitrogen and oxygen atoms in total. The Morgan fingerprint density at radius 3 is 2.58 bits per heavy atom. The number of aromatic nitrogens is 1. The van der Waals surface area contributed by atoms with Gasteiger partial charge in [0.15, 0.2) is 0 Å². The van der Waals surface area contributed by atoms with E-state index in [1.165, 1.54) is 15.8 Å². The van der Waals surface area contributed by atoms with Crippen molar-refractivity contribution in [3.8, 4) is 11.3 Å². The van der Waals surface area contributed by atoms with Crippen molar-refractivity contribution in [2.75, 3.05) is 32.6 Å². The van der Waals surface area contributed by atoms with Crippen LogP contribution in [-0.4, -0.2) is 42.4 Å². The van der Waals surface area contributed by atoms with Gasteiger partial charge >= 0.3 is 0 Å². The Balaban J connectivity index is 1.80. The van der Waals surface area contributed by atoms with Gasteiger partial charge < -0.3 is 4.74 Å². The third-order valence-corrected chi connectivity index (χ3v) is 5.70. The van der Waals surface area contributed by atoms with Gasteiger partial charge in [-0.1, -0.05) is 29.8 Å². The summed E-state index contributed by atoms with van der Waals surface area (Å²) in [5.41, 5.74) is 4.43. The predicted molar refractivity (Wildman–Crippen MR) is 110 cm³/mol. The summed E-state index contributed by atoms with van der Waals surface area (Å²) in [5.74, 6) is 0. The molecular weight excluding hydrogens is 364 g/mol. The second-order valence-corrected chi connectivity index (χ2v) is 7.77. The predicted octanol–water partition coefficient (Wildman–Crippen LogP) is 5.11. The highest BCUT2D eigenvalue weighted by Crippen LogP contribution is 2.29. The molecule has 2 aromatic carbocycles. The molecule has 0 radical (unpaired) electrons. The second kappa shape index (κ2) is 7.97. The van der Waals surface area contributed by atoms with E-state index in [9.17, 15) is 0 Å². The highest BCUT2D eigenvalue weighted by molar-refractivity contribution is 7.98. The SMILES string of the molecule is CSc1ccc2cc(CN3CCOCC3)c(-c3ccc(Cl)cc3)nc2c1. The van der Waals surface area contributed by atoms with Crippen LogP contribution in [0.4, 0.5) is 0 Å². The number of nitrogens with zero attached hydrogens (tertiary/aromatic N) is 2. The maximum Gasteiger partial charge on any atom is 0.0754 e. The van der Waals surface area contributed by atoms with Crippen molar-refractivity contribution in [1.82, 2.24) is 9.88 Å². The van der Waals surface area contributed by atoms with Gasteiger partial charge in [0.05, 0.1) is 24.4 Å². The van der Waals surface area contributed by atoms with Crippen molar-refractivity contribution in [1.29, 1.82) is 0 Å². The molecule has 1 aliphatic rings. The largest absolute Gasteiger partial charge is 0.379 e. The Bertz CT molecular complexity index is 908. The van der Waals surface area contributed by atoms with Gasteiger partial charge in [0, 0.05) is 40.5 Å². The molecule has 0 amide bonds. The van der Waals surface area contributed by atoms with Gasteiger partial charge in [-0.3, -0.25) is 4.90 Å².